The highest BCUT2D eigenvalue weighted by molar-refractivity contribution is 5.71. The van der Waals surface area contributed by atoms with Crippen LogP contribution in [0.1, 0.15) is 12.8 Å². The van der Waals surface area contributed by atoms with Gasteiger partial charge in [-0.1, -0.05) is 0 Å². The Morgan fingerprint density at radius 1 is 1.38 bits per heavy atom. The largest absolute Gasteiger partial charge is 0.481 e. The number of nitrogen functional groups attached to an aromatic ring is 1. The number of benzene rings is 1. The standard InChI is InChI=1S/C12H16N2O2/c13-10-3-5-11(6-4-10)14-7-1-2-9(8-14)12(15)16/h3-6,9H,1-2,7-8,13H2,(H,15,16)/t9-/m0/s1. The molecule has 0 bridgehead atoms. The zero-order valence-corrected chi connectivity index (χ0v) is 9.10. The van der Waals surface area contributed by atoms with Crippen LogP contribution in [0.25, 0.3) is 0 Å². The smallest absolute Gasteiger partial charge is 0.308 e. The number of piperidine rings is 1. The third-order valence-electron chi connectivity index (χ3n) is 3.03. The highest BCUT2D eigenvalue weighted by Gasteiger charge is 2.25. The van der Waals surface area contributed by atoms with E-state index >= 15 is 0 Å². The molecule has 1 heterocycles. The molecule has 1 saturated heterocycles. The number of hydrogen-bond donors (Lipinski definition) is 2. The van der Waals surface area contributed by atoms with Gasteiger partial charge in [0.2, 0.25) is 0 Å². The fourth-order valence-corrected chi connectivity index (χ4v) is 2.10. The van der Waals surface area contributed by atoms with E-state index in [1.165, 1.54) is 0 Å². The Bertz CT molecular complexity index is 375. The van der Waals surface area contributed by atoms with Gasteiger partial charge in [0, 0.05) is 24.5 Å². The first-order chi connectivity index (χ1) is 7.66. The van der Waals surface area contributed by atoms with E-state index in [-0.39, 0.29) is 5.92 Å². The van der Waals surface area contributed by atoms with Crippen molar-refractivity contribution >= 4 is 17.3 Å². The lowest BCUT2D eigenvalue weighted by molar-refractivity contribution is -0.141. The average molecular weight is 220 g/mol. The van der Waals surface area contributed by atoms with Crippen molar-refractivity contribution in [1.82, 2.24) is 0 Å². The third kappa shape index (κ3) is 2.27. The quantitative estimate of drug-likeness (QED) is 0.742. The minimum absolute atomic E-state index is 0.244. The number of aliphatic carboxylic acids is 1. The van der Waals surface area contributed by atoms with Crippen LogP contribution in [0.3, 0.4) is 0 Å². The van der Waals surface area contributed by atoms with Gasteiger partial charge in [-0.15, -0.1) is 0 Å². The molecule has 1 fully saturated rings. The zero-order valence-electron chi connectivity index (χ0n) is 9.10. The van der Waals surface area contributed by atoms with Crippen molar-refractivity contribution in [2.24, 2.45) is 5.92 Å². The van der Waals surface area contributed by atoms with Gasteiger partial charge in [0.25, 0.3) is 0 Å². The number of nitrogens with two attached hydrogens (primary N) is 1. The van der Waals surface area contributed by atoms with E-state index in [1.54, 1.807) is 0 Å². The Hall–Kier alpha value is -1.71. The molecule has 0 saturated carbocycles. The van der Waals surface area contributed by atoms with E-state index in [2.05, 4.69) is 4.90 Å². The van der Waals surface area contributed by atoms with Crippen LogP contribution < -0.4 is 10.6 Å². The molecule has 3 N–H and O–H groups in total. The molecule has 1 aliphatic heterocycles. The van der Waals surface area contributed by atoms with Crippen molar-refractivity contribution < 1.29 is 9.90 Å². The first-order valence-corrected chi connectivity index (χ1v) is 5.50. The number of hydrogen-bond acceptors (Lipinski definition) is 3. The fourth-order valence-electron chi connectivity index (χ4n) is 2.10. The number of carbonyl (C=O) groups is 1. The number of carboxylic acid groups (broad SMARTS) is 1. The molecule has 0 unspecified atom stereocenters. The van der Waals surface area contributed by atoms with Crippen molar-refractivity contribution in [3.8, 4) is 0 Å². The number of nitrogens with zero attached hydrogens (tertiary/aromatic N) is 1. The molecule has 1 atom stereocenters. The molecule has 0 amide bonds. The maximum absolute atomic E-state index is 10.9. The zero-order chi connectivity index (χ0) is 11.5. The molecule has 4 heteroatoms. The summed E-state index contributed by atoms with van der Waals surface area (Å²) in [7, 11) is 0. The Morgan fingerprint density at radius 2 is 2.06 bits per heavy atom. The molecule has 0 aliphatic carbocycles. The summed E-state index contributed by atoms with van der Waals surface area (Å²) in [6, 6.07) is 7.58. The Morgan fingerprint density at radius 3 is 2.69 bits per heavy atom. The summed E-state index contributed by atoms with van der Waals surface area (Å²) in [5.74, 6) is -0.938. The average Bonchev–Trinajstić information content (AvgIpc) is 2.30. The van der Waals surface area contributed by atoms with Crippen molar-refractivity contribution in [2.45, 2.75) is 12.8 Å². The lowest BCUT2D eigenvalue weighted by Crippen LogP contribution is -2.38. The second-order valence-electron chi connectivity index (χ2n) is 4.21. The summed E-state index contributed by atoms with van der Waals surface area (Å²) in [6.07, 6.45) is 1.71. The predicted octanol–water partition coefficient (Wildman–Crippen LogP) is 1.57. The molecule has 1 aromatic rings. The van der Waals surface area contributed by atoms with Crippen LogP contribution in [0.5, 0.6) is 0 Å². The molecule has 4 nitrogen and oxygen atoms in total. The van der Waals surface area contributed by atoms with E-state index in [0.29, 0.717) is 6.54 Å². The van der Waals surface area contributed by atoms with Gasteiger partial charge in [-0.3, -0.25) is 4.79 Å². The van der Waals surface area contributed by atoms with Gasteiger partial charge >= 0.3 is 5.97 Å². The number of rotatable bonds is 2. The molecule has 0 aromatic heterocycles. The van der Waals surface area contributed by atoms with Gasteiger partial charge in [0.05, 0.1) is 5.92 Å². The molecular formula is C12H16N2O2. The maximum atomic E-state index is 10.9. The van der Waals surface area contributed by atoms with E-state index < -0.39 is 5.97 Å². The minimum atomic E-state index is -0.694. The maximum Gasteiger partial charge on any atom is 0.308 e. The second kappa shape index (κ2) is 4.43. The summed E-state index contributed by atoms with van der Waals surface area (Å²) in [4.78, 5) is 13.1. The lowest BCUT2D eigenvalue weighted by atomic mass is 9.98. The summed E-state index contributed by atoms with van der Waals surface area (Å²) < 4.78 is 0. The molecular weight excluding hydrogens is 204 g/mol. The van der Waals surface area contributed by atoms with Gasteiger partial charge in [-0.25, -0.2) is 0 Å². The lowest BCUT2D eigenvalue weighted by Gasteiger charge is -2.32. The van der Waals surface area contributed by atoms with E-state index in [9.17, 15) is 4.79 Å². The van der Waals surface area contributed by atoms with Crippen LogP contribution in [0.2, 0.25) is 0 Å². The molecule has 1 aliphatic rings. The molecule has 86 valence electrons. The molecule has 0 radical (unpaired) electrons. The van der Waals surface area contributed by atoms with Crippen molar-refractivity contribution in [1.29, 1.82) is 0 Å². The Balaban J connectivity index is 2.09. The summed E-state index contributed by atoms with van der Waals surface area (Å²) in [5, 5.41) is 9.00. The summed E-state index contributed by atoms with van der Waals surface area (Å²) >= 11 is 0. The normalized spacial score (nSPS) is 20.8. The highest BCUT2D eigenvalue weighted by atomic mass is 16.4. The third-order valence-corrected chi connectivity index (χ3v) is 3.03. The first kappa shape index (κ1) is 10.8. The Kier molecular flexibility index (Phi) is 2.99. The van der Waals surface area contributed by atoms with Gasteiger partial charge in [-0.05, 0) is 37.1 Å². The highest BCUT2D eigenvalue weighted by Crippen LogP contribution is 2.23. The van der Waals surface area contributed by atoms with E-state index in [4.69, 9.17) is 10.8 Å². The number of anilines is 2. The Labute approximate surface area is 94.7 Å². The molecule has 2 rings (SSSR count). The first-order valence-electron chi connectivity index (χ1n) is 5.50. The van der Waals surface area contributed by atoms with Crippen LogP contribution in [-0.2, 0) is 4.79 Å². The van der Waals surface area contributed by atoms with Gasteiger partial charge in [-0.2, -0.15) is 0 Å². The van der Waals surface area contributed by atoms with Gasteiger partial charge < -0.3 is 15.7 Å². The summed E-state index contributed by atoms with van der Waals surface area (Å²) in [5.41, 5.74) is 7.41. The van der Waals surface area contributed by atoms with Crippen LogP contribution in [0, 0.1) is 5.92 Å². The minimum Gasteiger partial charge on any atom is -0.481 e. The van der Waals surface area contributed by atoms with Gasteiger partial charge in [0.1, 0.15) is 0 Å². The second-order valence-corrected chi connectivity index (χ2v) is 4.21. The van der Waals surface area contributed by atoms with Crippen LogP contribution in [0.15, 0.2) is 24.3 Å². The molecule has 0 spiro atoms. The van der Waals surface area contributed by atoms with Gasteiger partial charge in [0.15, 0.2) is 0 Å². The van der Waals surface area contributed by atoms with Crippen molar-refractivity contribution in [3.63, 3.8) is 0 Å². The number of carboxylic acids is 1. The van der Waals surface area contributed by atoms with E-state index in [1.807, 2.05) is 24.3 Å². The van der Waals surface area contributed by atoms with E-state index in [0.717, 1.165) is 30.8 Å². The molecule has 16 heavy (non-hydrogen) atoms. The van der Waals surface area contributed by atoms with Crippen LogP contribution >= 0.6 is 0 Å². The predicted molar refractivity (Wildman–Crippen MR) is 63.4 cm³/mol. The van der Waals surface area contributed by atoms with Crippen molar-refractivity contribution in [3.05, 3.63) is 24.3 Å². The van der Waals surface area contributed by atoms with Crippen molar-refractivity contribution in [2.75, 3.05) is 23.7 Å². The van der Waals surface area contributed by atoms with Crippen LogP contribution in [-0.4, -0.2) is 24.2 Å². The van der Waals surface area contributed by atoms with Crippen LogP contribution in [0.4, 0.5) is 11.4 Å². The SMILES string of the molecule is Nc1ccc(N2CCC[C@H](C(=O)O)C2)cc1. The molecule has 1 aromatic carbocycles. The fraction of sp³-hybridized carbons (Fsp3) is 0.417. The monoisotopic (exact) mass is 220 g/mol. The topological polar surface area (TPSA) is 66.6 Å². The summed E-state index contributed by atoms with van der Waals surface area (Å²) in [6.45, 7) is 1.52.